The number of hydrogen-bond donors (Lipinski definition) is 1. The van der Waals surface area contributed by atoms with Crippen molar-refractivity contribution >= 4 is 52.7 Å². The van der Waals surface area contributed by atoms with E-state index in [1.165, 1.54) is 55.4 Å². The van der Waals surface area contributed by atoms with E-state index in [0.717, 1.165) is 59.3 Å². The zero-order valence-electron chi connectivity index (χ0n) is 46.0. The number of phenolic OH excluding ortho intramolecular Hbond substituents is 1. The van der Waals surface area contributed by atoms with Crippen LogP contribution in [-0.2, 0) is 63.8 Å². The van der Waals surface area contributed by atoms with Crippen molar-refractivity contribution in [1.82, 2.24) is 0 Å². The quantitative estimate of drug-likeness (QED) is 0.0587. The molecule has 11 rings (SSSR count). The third kappa shape index (κ3) is 11.7. The van der Waals surface area contributed by atoms with E-state index in [1.54, 1.807) is 21.9 Å². The third-order valence-corrected chi connectivity index (χ3v) is 15.1. The molecule has 2 saturated heterocycles. The van der Waals surface area contributed by atoms with Crippen LogP contribution < -0.4 is 33.8 Å². The van der Waals surface area contributed by atoms with Gasteiger partial charge in [0.2, 0.25) is 0 Å². The smallest absolute Gasteiger partial charge is 0.416 e. The maximum Gasteiger partial charge on any atom is 0.416 e. The number of para-hydroxylation sites is 2. The molecule has 6 aliphatic heterocycles. The van der Waals surface area contributed by atoms with Crippen LogP contribution in [0.3, 0.4) is 0 Å². The summed E-state index contributed by atoms with van der Waals surface area (Å²) in [6.07, 6.45) is 4.60. The Morgan fingerprint density at radius 1 is 0.610 bits per heavy atom. The first-order chi connectivity index (χ1) is 39.9. The topological polar surface area (TPSA) is 211 Å². The molecule has 6 aliphatic rings. The standard InChI is InChI=1S/C36H38N2O9.C26H28N2O7/c1-4-15-45-36(41)38-28-21-31(46-22-24-11-9-10-23(17-24)18-32(39)43-3)30(42-2)20-26(28)34(40)37-27-13-6-5-12-25(27)19-29(37)35(38)47-33-14-7-8-16-44-33;1-3-11-34-26(31)28-19-15-21(29)22(32-2)14-17(19)24(30)27-18-9-5-4-8-16(18)13-20(27)25(28)35-23-10-6-7-12-33-23/h4-6,9-13,17,20-21,29,33,35H,1,7-8,14-16,18-19,22H2,2-3H3;3-5,8-9,14-15,20,23,25,29H,1,6-7,10-13H2,2H3/t29-,33?,35?;20-,23?,25?/m00/s1. The molecule has 20 nitrogen and oxygen atoms in total. The van der Waals surface area contributed by atoms with E-state index in [1.807, 2.05) is 72.8 Å². The third-order valence-electron chi connectivity index (χ3n) is 15.1. The Morgan fingerprint density at radius 2 is 1.12 bits per heavy atom. The lowest BCUT2D eigenvalue weighted by molar-refractivity contribution is -0.190. The molecule has 4 amide bonds. The van der Waals surface area contributed by atoms with Crippen LogP contribution in [0.15, 0.2) is 122 Å². The fraction of sp³-hybridized carbons (Fsp3) is 0.371. The molecule has 6 atom stereocenters. The van der Waals surface area contributed by atoms with Crippen molar-refractivity contribution in [2.45, 2.75) is 102 Å². The molecule has 0 aliphatic carbocycles. The Morgan fingerprint density at radius 3 is 1.62 bits per heavy atom. The molecule has 5 aromatic rings. The van der Waals surface area contributed by atoms with Crippen molar-refractivity contribution < 1.29 is 76.4 Å². The van der Waals surface area contributed by atoms with Gasteiger partial charge in [-0.2, -0.15) is 0 Å². The normalized spacial score (nSPS) is 21.3. The Balaban J connectivity index is 0.000000192. The number of phenols is 1. The number of anilines is 4. The number of nitrogens with zero attached hydrogens (tertiary/aromatic N) is 4. The van der Waals surface area contributed by atoms with Gasteiger partial charge in [0.25, 0.3) is 11.8 Å². The van der Waals surface area contributed by atoms with Gasteiger partial charge >= 0.3 is 18.2 Å². The second kappa shape index (κ2) is 25.6. The van der Waals surface area contributed by atoms with Gasteiger partial charge in [-0.3, -0.25) is 14.4 Å². The number of carbonyl (C=O) groups is 5. The number of benzene rings is 5. The monoisotopic (exact) mass is 1120 g/mol. The van der Waals surface area contributed by atoms with Crippen LogP contribution in [0.2, 0.25) is 0 Å². The number of ether oxygens (including phenoxy) is 10. The van der Waals surface area contributed by atoms with Crippen LogP contribution in [0.25, 0.3) is 0 Å². The molecule has 5 aromatic carbocycles. The molecular weight excluding hydrogens is 1060 g/mol. The highest BCUT2D eigenvalue weighted by molar-refractivity contribution is 6.16. The number of carbonyl (C=O) groups excluding carboxylic acids is 5. The summed E-state index contributed by atoms with van der Waals surface area (Å²) < 4.78 is 58.0. The summed E-state index contributed by atoms with van der Waals surface area (Å²) in [5, 5.41) is 10.6. The van der Waals surface area contributed by atoms with Crippen LogP contribution in [-0.4, -0.2) is 120 Å². The first-order valence-corrected chi connectivity index (χ1v) is 27.4. The van der Waals surface area contributed by atoms with Gasteiger partial charge in [0, 0.05) is 36.7 Å². The van der Waals surface area contributed by atoms with Crippen LogP contribution in [0.5, 0.6) is 23.0 Å². The maximum atomic E-state index is 14.5. The number of fused-ring (bicyclic) bond motifs is 8. The molecule has 20 heteroatoms. The summed E-state index contributed by atoms with van der Waals surface area (Å²) in [6.45, 7) is 8.46. The van der Waals surface area contributed by atoms with Crippen molar-refractivity contribution in [2.75, 3.05) is 67.4 Å². The van der Waals surface area contributed by atoms with E-state index in [-0.39, 0.29) is 78.0 Å². The van der Waals surface area contributed by atoms with Gasteiger partial charge in [0.15, 0.2) is 48.0 Å². The molecule has 0 radical (unpaired) electrons. The Kier molecular flexibility index (Phi) is 17.7. The molecule has 0 bridgehead atoms. The fourth-order valence-electron chi connectivity index (χ4n) is 11.3. The molecule has 1 N–H and O–H groups in total. The predicted octanol–water partition coefficient (Wildman–Crippen LogP) is 9.56. The molecule has 430 valence electrons. The Bertz CT molecular complexity index is 3210. The minimum atomic E-state index is -0.954. The minimum absolute atomic E-state index is 0.0258. The Labute approximate surface area is 475 Å². The number of amides is 4. The Hall–Kier alpha value is -8.43. The number of esters is 1. The first kappa shape index (κ1) is 56.8. The van der Waals surface area contributed by atoms with Gasteiger partial charge in [-0.25, -0.2) is 19.4 Å². The van der Waals surface area contributed by atoms with Crippen molar-refractivity contribution in [2.24, 2.45) is 0 Å². The van der Waals surface area contributed by atoms with Gasteiger partial charge in [-0.05, 0) is 97.9 Å². The van der Waals surface area contributed by atoms with E-state index < -0.39 is 49.3 Å². The fourth-order valence-corrected chi connectivity index (χ4v) is 11.3. The highest BCUT2D eigenvalue weighted by Gasteiger charge is 2.52. The van der Waals surface area contributed by atoms with Gasteiger partial charge in [-0.1, -0.05) is 86.0 Å². The largest absolute Gasteiger partial charge is 0.504 e. The molecular formula is C62H66N4O16. The van der Waals surface area contributed by atoms with Crippen LogP contribution in [0, 0.1) is 0 Å². The van der Waals surface area contributed by atoms with E-state index in [0.29, 0.717) is 50.4 Å². The number of aromatic hydroxyl groups is 1. The first-order valence-electron chi connectivity index (χ1n) is 27.4. The minimum Gasteiger partial charge on any atom is -0.504 e. The molecule has 82 heavy (non-hydrogen) atoms. The molecule has 0 aromatic heterocycles. The zero-order valence-corrected chi connectivity index (χ0v) is 46.0. The molecule has 4 unspecified atom stereocenters. The lowest BCUT2D eigenvalue weighted by Crippen LogP contribution is -2.55. The van der Waals surface area contributed by atoms with Crippen molar-refractivity contribution in [3.63, 3.8) is 0 Å². The van der Waals surface area contributed by atoms with E-state index in [4.69, 9.17) is 47.4 Å². The zero-order chi connectivity index (χ0) is 57.4. The second-order valence-corrected chi connectivity index (χ2v) is 20.2. The number of rotatable bonds is 15. The highest BCUT2D eigenvalue weighted by atomic mass is 16.7. The van der Waals surface area contributed by atoms with E-state index in [9.17, 15) is 29.1 Å². The van der Waals surface area contributed by atoms with E-state index in [2.05, 4.69) is 13.2 Å². The van der Waals surface area contributed by atoms with Crippen LogP contribution in [0.1, 0.15) is 81.5 Å². The van der Waals surface area contributed by atoms with Crippen molar-refractivity contribution in [1.29, 1.82) is 0 Å². The summed E-state index contributed by atoms with van der Waals surface area (Å²) in [4.78, 5) is 73.8. The lowest BCUT2D eigenvalue weighted by Gasteiger charge is -2.38. The molecule has 0 spiro atoms. The van der Waals surface area contributed by atoms with Crippen LogP contribution >= 0.6 is 0 Å². The van der Waals surface area contributed by atoms with Crippen molar-refractivity contribution in [3.8, 4) is 23.0 Å². The van der Waals surface area contributed by atoms with Crippen molar-refractivity contribution in [3.05, 3.63) is 156 Å². The number of hydrogen-bond acceptors (Lipinski definition) is 16. The highest BCUT2D eigenvalue weighted by Crippen LogP contribution is 2.47. The summed E-state index contributed by atoms with van der Waals surface area (Å²) in [7, 11) is 4.24. The maximum absolute atomic E-state index is 14.5. The van der Waals surface area contributed by atoms with Gasteiger partial charge in [0.1, 0.15) is 19.8 Å². The van der Waals surface area contributed by atoms with Crippen LogP contribution in [0.4, 0.5) is 32.3 Å². The van der Waals surface area contributed by atoms with Gasteiger partial charge in [-0.15, -0.1) is 0 Å². The molecule has 6 heterocycles. The average molecular weight is 1120 g/mol. The average Bonchev–Trinajstić information content (AvgIpc) is 4.17. The molecule has 2 fully saturated rings. The summed E-state index contributed by atoms with van der Waals surface area (Å²) >= 11 is 0. The predicted molar refractivity (Wildman–Crippen MR) is 301 cm³/mol. The SMILES string of the molecule is C=CCOC(=O)N1c2cc(O)c(OC)cc2C(=O)N2c3ccccc3C[C@H]2C1OC1CCCCO1.C=CCOC(=O)N1c2cc(OCc3cccc(CC(=O)OC)c3)c(OC)cc2C(=O)N2c3ccccc3C[C@H]2C1OC1CCCCO1. The summed E-state index contributed by atoms with van der Waals surface area (Å²) in [6, 6.07) is 27.6. The lowest BCUT2D eigenvalue weighted by atomic mass is 10.1. The second-order valence-electron chi connectivity index (χ2n) is 20.2. The van der Waals surface area contributed by atoms with Gasteiger partial charge in [0.05, 0.1) is 62.3 Å². The summed E-state index contributed by atoms with van der Waals surface area (Å²) in [5.74, 6) is -0.471. The number of methoxy groups -OCH3 is 3. The molecule has 0 saturated carbocycles. The summed E-state index contributed by atoms with van der Waals surface area (Å²) in [5.41, 5.74) is 5.86. The van der Waals surface area contributed by atoms with Gasteiger partial charge < -0.3 is 62.3 Å². The van der Waals surface area contributed by atoms with E-state index >= 15 is 0 Å².